The second kappa shape index (κ2) is 2.23. The minimum atomic E-state index is 0. The van der Waals surface area contributed by atoms with Crippen LogP contribution in [0.2, 0.25) is 0 Å². The zero-order valence-corrected chi connectivity index (χ0v) is 9.01. The predicted octanol–water partition coefficient (Wildman–Crippen LogP) is 3.37. The van der Waals surface area contributed by atoms with Gasteiger partial charge in [0.05, 0.1) is 0 Å². The molecule has 10 heavy (non-hydrogen) atoms. The van der Waals surface area contributed by atoms with Gasteiger partial charge in [0, 0.05) is 0 Å². The number of fused-ring (bicyclic) bond motifs is 2. The van der Waals surface area contributed by atoms with Gasteiger partial charge < -0.3 is 0 Å². The summed E-state index contributed by atoms with van der Waals surface area (Å²) in [5.74, 6) is 0. The SMILES string of the molecule is CC12C=CC(C)(CC1)C2.I. The van der Waals surface area contributed by atoms with Crippen LogP contribution in [0, 0.1) is 10.8 Å². The molecule has 2 atom stereocenters. The zero-order chi connectivity index (χ0) is 6.54. The maximum atomic E-state index is 2.41. The van der Waals surface area contributed by atoms with Gasteiger partial charge in [-0.25, -0.2) is 0 Å². The van der Waals surface area contributed by atoms with Crippen molar-refractivity contribution in [2.24, 2.45) is 10.8 Å². The minimum Gasteiger partial charge on any atom is -0.107 e. The van der Waals surface area contributed by atoms with Crippen LogP contribution in [0.4, 0.5) is 0 Å². The van der Waals surface area contributed by atoms with Crippen LogP contribution < -0.4 is 0 Å². The minimum absolute atomic E-state index is 0. The van der Waals surface area contributed by atoms with E-state index in [9.17, 15) is 0 Å². The van der Waals surface area contributed by atoms with E-state index in [-0.39, 0.29) is 24.0 Å². The van der Waals surface area contributed by atoms with Crippen molar-refractivity contribution in [1.29, 1.82) is 0 Å². The molecule has 2 aliphatic carbocycles. The largest absolute Gasteiger partial charge is 0.107 e. The first-order chi connectivity index (χ1) is 4.12. The molecule has 0 N–H and O–H groups in total. The molecule has 0 aromatic heterocycles. The Labute approximate surface area is 80.1 Å². The van der Waals surface area contributed by atoms with Gasteiger partial charge in [-0.05, 0) is 30.1 Å². The van der Waals surface area contributed by atoms with Gasteiger partial charge >= 0.3 is 0 Å². The third kappa shape index (κ3) is 1.13. The van der Waals surface area contributed by atoms with E-state index in [0.717, 1.165) is 0 Å². The van der Waals surface area contributed by atoms with E-state index in [4.69, 9.17) is 0 Å². The molecule has 1 saturated carbocycles. The lowest BCUT2D eigenvalue weighted by molar-refractivity contribution is 0.413. The van der Waals surface area contributed by atoms with Gasteiger partial charge in [0.15, 0.2) is 0 Å². The summed E-state index contributed by atoms with van der Waals surface area (Å²) in [5, 5.41) is 0. The average Bonchev–Trinajstić information content (AvgIpc) is 2.19. The van der Waals surface area contributed by atoms with Gasteiger partial charge in [0.1, 0.15) is 0 Å². The summed E-state index contributed by atoms with van der Waals surface area (Å²) < 4.78 is 0. The van der Waals surface area contributed by atoms with Crippen LogP contribution in [0.3, 0.4) is 0 Å². The average molecular weight is 250 g/mol. The smallest absolute Gasteiger partial charge is 0.0138 e. The molecule has 0 amide bonds. The standard InChI is InChI=1S/C9H14.HI/c1-8-3-5-9(2,7-8)6-4-8;/h3,5H,4,6-7H2,1-2H3;1H. The second-order valence-electron chi connectivity index (χ2n) is 4.32. The maximum Gasteiger partial charge on any atom is -0.0138 e. The Hall–Kier alpha value is 0.470. The first-order valence-electron chi connectivity index (χ1n) is 3.82. The summed E-state index contributed by atoms with van der Waals surface area (Å²) in [6.45, 7) is 4.75. The molecule has 0 aliphatic heterocycles. The Morgan fingerprint density at radius 2 is 1.40 bits per heavy atom. The summed E-state index contributed by atoms with van der Waals surface area (Å²) in [6, 6.07) is 0. The van der Waals surface area contributed by atoms with Crippen LogP contribution >= 0.6 is 24.0 Å². The van der Waals surface area contributed by atoms with Crippen molar-refractivity contribution in [3.05, 3.63) is 12.2 Å². The molecule has 0 saturated heterocycles. The highest BCUT2D eigenvalue weighted by molar-refractivity contribution is 14.0. The van der Waals surface area contributed by atoms with E-state index < -0.39 is 0 Å². The lowest BCUT2D eigenvalue weighted by atomic mass is 9.91. The fourth-order valence-corrected chi connectivity index (χ4v) is 2.36. The fraction of sp³-hybridized carbons (Fsp3) is 0.778. The van der Waals surface area contributed by atoms with Crippen molar-refractivity contribution < 1.29 is 0 Å². The lowest BCUT2D eigenvalue weighted by Gasteiger charge is -2.14. The van der Waals surface area contributed by atoms with Crippen LogP contribution in [-0.4, -0.2) is 0 Å². The molecular weight excluding hydrogens is 235 g/mol. The normalized spacial score (nSPS) is 49.4. The molecule has 2 bridgehead atoms. The van der Waals surface area contributed by atoms with Gasteiger partial charge in [-0.3, -0.25) is 0 Å². The summed E-state index contributed by atoms with van der Waals surface area (Å²) in [7, 11) is 0. The van der Waals surface area contributed by atoms with Crippen LogP contribution in [0.15, 0.2) is 12.2 Å². The molecule has 0 aromatic carbocycles. The first-order valence-corrected chi connectivity index (χ1v) is 3.82. The first kappa shape index (κ1) is 8.57. The number of hydrogen-bond acceptors (Lipinski definition) is 0. The van der Waals surface area contributed by atoms with E-state index in [1.54, 1.807) is 0 Å². The highest BCUT2D eigenvalue weighted by Gasteiger charge is 2.44. The molecule has 0 nitrogen and oxygen atoms in total. The number of hydrogen-bond donors (Lipinski definition) is 0. The third-order valence-corrected chi connectivity index (χ3v) is 2.96. The molecule has 1 heteroatoms. The second-order valence-corrected chi connectivity index (χ2v) is 4.32. The summed E-state index contributed by atoms with van der Waals surface area (Å²) >= 11 is 0. The number of rotatable bonds is 0. The molecule has 1 fully saturated rings. The Bertz CT molecular complexity index is 156. The summed E-state index contributed by atoms with van der Waals surface area (Å²) in [5.41, 5.74) is 1.18. The fourth-order valence-electron chi connectivity index (χ4n) is 2.36. The lowest BCUT2D eigenvalue weighted by Crippen LogP contribution is -2.03. The Balaban J connectivity index is 0.000000500. The van der Waals surface area contributed by atoms with E-state index in [0.29, 0.717) is 10.8 Å². The quantitative estimate of drug-likeness (QED) is 0.456. The maximum absolute atomic E-state index is 2.41. The predicted molar refractivity (Wildman–Crippen MR) is 54.6 cm³/mol. The third-order valence-electron chi connectivity index (χ3n) is 2.96. The molecule has 2 unspecified atom stereocenters. The van der Waals surface area contributed by atoms with Crippen molar-refractivity contribution in [1.82, 2.24) is 0 Å². The molecule has 0 aromatic rings. The van der Waals surface area contributed by atoms with E-state index >= 15 is 0 Å². The van der Waals surface area contributed by atoms with Crippen molar-refractivity contribution in [3.8, 4) is 0 Å². The van der Waals surface area contributed by atoms with E-state index in [2.05, 4.69) is 26.0 Å². The molecular formula is C9H15I. The van der Waals surface area contributed by atoms with Gasteiger partial charge in [-0.1, -0.05) is 26.0 Å². The summed E-state index contributed by atoms with van der Waals surface area (Å²) in [6.07, 6.45) is 9.06. The number of halogens is 1. The molecule has 0 heterocycles. The summed E-state index contributed by atoms with van der Waals surface area (Å²) in [4.78, 5) is 0. The van der Waals surface area contributed by atoms with Crippen molar-refractivity contribution in [2.75, 3.05) is 0 Å². The van der Waals surface area contributed by atoms with Crippen LogP contribution in [0.25, 0.3) is 0 Å². The Kier molecular flexibility index (Phi) is 1.91. The van der Waals surface area contributed by atoms with Gasteiger partial charge in [-0.15, -0.1) is 24.0 Å². The van der Waals surface area contributed by atoms with Crippen molar-refractivity contribution >= 4 is 24.0 Å². The Morgan fingerprint density at radius 3 is 1.50 bits per heavy atom. The topological polar surface area (TPSA) is 0 Å². The van der Waals surface area contributed by atoms with Crippen LogP contribution in [0.1, 0.15) is 33.1 Å². The Morgan fingerprint density at radius 1 is 1.00 bits per heavy atom. The van der Waals surface area contributed by atoms with Gasteiger partial charge in [0.2, 0.25) is 0 Å². The highest BCUT2D eigenvalue weighted by Crippen LogP contribution is 2.56. The van der Waals surface area contributed by atoms with E-state index in [1.807, 2.05) is 0 Å². The zero-order valence-electron chi connectivity index (χ0n) is 6.68. The van der Waals surface area contributed by atoms with Gasteiger partial charge in [0.25, 0.3) is 0 Å². The van der Waals surface area contributed by atoms with E-state index in [1.165, 1.54) is 19.3 Å². The molecule has 0 radical (unpaired) electrons. The monoisotopic (exact) mass is 250 g/mol. The van der Waals surface area contributed by atoms with Gasteiger partial charge in [-0.2, -0.15) is 0 Å². The number of allylic oxidation sites excluding steroid dienone is 2. The van der Waals surface area contributed by atoms with Crippen molar-refractivity contribution in [3.63, 3.8) is 0 Å². The molecule has 2 aliphatic rings. The molecule has 0 spiro atoms. The molecule has 2 rings (SSSR count). The molecule has 58 valence electrons. The van der Waals surface area contributed by atoms with Crippen LogP contribution in [0.5, 0.6) is 0 Å². The van der Waals surface area contributed by atoms with Crippen LogP contribution in [-0.2, 0) is 0 Å². The van der Waals surface area contributed by atoms with Crippen molar-refractivity contribution in [2.45, 2.75) is 33.1 Å². The highest BCUT2D eigenvalue weighted by atomic mass is 127.